The van der Waals surface area contributed by atoms with Crippen LogP contribution in [-0.2, 0) is 0 Å². The molecule has 11 heavy (non-hydrogen) atoms. The molecule has 1 aliphatic carbocycles. The summed E-state index contributed by atoms with van der Waals surface area (Å²) in [6.07, 6.45) is 1.35. The Bertz CT molecular complexity index is 176. The second-order valence-corrected chi connectivity index (χ2v) is 4.19. The third kappa shape index (κ3) is 1.82. The molecular formula is C9H16O2. The van der Waals surface area contributed by atoms with Crippen LogP contribution in [0.1, 0.15) is 27.2 Å². The molecule has 0 saturated heterocycles. The number of rotatable bonds is 0. The number of hydrogen-bond donors (Lipinski definition) is 2. The molecule has 64 valence electrons. The van der Waals surface area contributed by atoms with Crippen molar-refractivity contribution < 1.29 is 10.2 Å². The van der Waals surface area contributed by atoms with Crippen LogP contribution in [0.5, 0.6) is 0 Å². The predicted molar refractivity (Wildman–Crippen MR) is 44.2 cm³/mol. The van der Waals surface area contributed by atoms with Crippen LogP contribution in [-0.4, -0.2) is 22.4 Å². The van der Waals surface area contributed by atoms with Crippen LogP contribution in [0.3, 0.4) is 0 Å². The first-order chi connectivity index (χ1) is 4.91. The van der Waals surface area contributed by atoms with E-state index in [1.165, 1.54) is 0 Å². The van der Waals surface area contributed by atoms with Crippen molar-refractivity contribution in [2.75, 3.05) is 0 Å². The molecular weight excluding hydrogens is 140 g/mol. The van der Waals surface area contributed by atoms with E-state index >= 15 is 0 Å². The number of aliphatic hydroxyl groups is 2. The van der Waals surface area contributed by atoms with Crippen LogP contribution in [0.4, 0.5) is 0 Å². The maximum absolute atomic E-state index is 9.47. The second-order valence-electron chi connectivity index (χ2n) is 4.19. The molecule has 0 amide bonds. The van der Waals surface area contributed by atoms with Gasteiger partial charge >= 0.3 is 0 Å². The molecule has 1 rings (SSSR count). The van der Waals surface area contributed by atoms with Crippen LogP contribution in [0.2, 0.25) is 0 Å². The monoisotopic (exact) mass is 156 g/mol. The van der Waals surface area contributed by atoms with Gasteiger partial charge in [0, 0.05) is 6.42 Å². The summed E-state index contributed by atoms with van der Waals surface area (Å²) in [6.45, 7) is 6.13. The average Bonchev–Trinajstić information content (AvgIpc) is 2.08. The van der Waals surface area contributed by atoms with Crippen LogP contribution < -0.4 is 0 Å². The van der Waals surface area contributed by atoms with Gasteiger partial charge in [-0.3, -0.25) is 0 Å². The van der Waals surface area contributed by atoms with Crippen LogP contribution in [0.15, 0.2) is 11.6 Å². The average molecular weight is 156 g/mol. The van der Waals surface area contributed by atoms with Gasteiger partial charge in [-0.2, -0.15) is 0 Å². The molecule has 2 N–H and O–H groups in total. The van der Waals surface area contributed by atoms with E-state index in [4.69, 9.17) is 0 Å². The van der Waals surface area contributed by atoms with E-state index < -0.39 is 12.2 Å². The van der Waals surface area contributed by atoms with Gasteiger partial charge in [0.1, 0.15) is 0 Å². The van der Waals surface area contributed by atoms with E-state index in [1.807, 2.05) is 20.8 Å². The molecule has 0 fully saturated rings. The van der Waals surface area contributed by atoms with Crippen LogP contribution >= 0.6 is 0 Å². The Morgan fingerprint density at radius 1 is 1.36 bits per heavy atom. The van der Waals surface area contributed by atoms with Crippen molar-refractivity contribution in [3.8, 4) is 0 Å². The molecule has 0 saturated carbocycles. The number of aliphatic hydroxyl groups excluding tert-OH is 2. The van der Waals surface area contributed by atoms with E-state index in [2.05, 4.69) is 0 Å². The number of hydrogen-bond acceptors (Lipinski definition) is 2. The normalized spacial score (nSPS) is 32.3. The first-order valence-corrected chi connectivity index (χ1v) is 3.99. The molecule has 0 bridgehead atoms. The highest BCUT2D eigenvalue weighted by Crippen LogP contribution is 2.34. The minimum absolute atomic E-state index is 0.0170. The zero-order valence-electron chi connectivity index (χ0n) is 7.33. The quantitative estimate of drug-likeness (QED) is 0.515. The summed E-state index contributed by atoms with van der Waals surface area (Å²) in [5, 5.41) is 18.7. The fraction of sp³-hybridized carbons (Fsp3) is 0.778. The van der Waals surface area contributed by atoms with Crippen molar-refractivity contribution in [1.82, 2.24) is 0 Å². The maximum Gasteiger partial charge on any atom is 0.0783 e. The highest BCUT2D eigenvalue weighted by Gasteiger charge is 2.30. The Kier molecular flexibility index (Phi) is 2.08. The Hall–Kier alpha value is -0.340. The lowest BCUT2D eigenvalue weighted by molar-refractivity contribution is 0.138. The van der Waals surface area contributed by atoms with Gasteiger partial charge in [0.05, 0.1) is 12.2 Å². The van der Waals surface area contributed by atoms with Crippen molar-refractivity contribution in [3.63, 3.8) is 0 Å². The largest absolute Gasteiger partial charge is 0.389 e. The summed E-state index contributed by atoms with van der Waals surface area (Å²) in [7, 11) is 0. The van der Waals surface area contributed by atoms with Gasteiger partial charge in [-0.05, 0) is 11.0 Å². The lowest BCUT2D eigenvalue weighted by Gasteiger charge is -2.23. The highest BCUT2D eigenvalue weighted by atomic mass is 16.3. The summed E-state index contributed by atoms with van der Waals surface area (Å²) in [5.74, 6) is 0. The fourth-order valence-electron chi connectivity index (χ4n) is 1.49. The van der Waals surface area contributed by atoms with Crippen molar-refractivity contribution in [2.45, 2.75) is 39.4 Å². The maximum atomic E-state index is 9.47. The van der Waals surface area contributed by atoms with Gasteiger partial charge in [0.2, 0.25) is 0 Å². The van der Waals surface area contributed by atoms with Crippen molar-refractivity contribution in [3.05, 3.63) is 11.6 Å². The molecule has 0 aromatic heterocycles. The SMILES string of the molecule is CC(C)(C)C1=CC(O)CC1O. The minimum Gasteiger partial charge on any atom is -0.389 e. The van der Waals surface area contributed by atoms with Gasteiger partial charge in [-0.25, -0.2) is 0 Å². The lowest BCUT2D eigenvalue weighted by atomic mass is 9.85. The van der Waals surface area contributed by atoms with Gasteiger partial charge in [0.25, 0.3) is 0 Å². The van der Waals surface area contributed by atoms with Gasteiger partial charge in [-0.1, -0.05) is 26.8 Å². The molecule has 0 heterocycles. The summed E-state index contributed by atoms with van der Waals surface area (Å²) >= 11 is 0. The molecule has 2 nitrogen and oxygen atoms in total. The van der Waals surface area contributed by atoms with Crippen molar-refractivity contribution in [1.29, 1.82) is 0 Å². The summed E-state index contributed by atoms with van der Waals surface area (Å²) in [5.41, 5.74) is 0.946. The molecule has 2 heteroatoms. The lowest BCUT2D eigenvalue weighted by Crippen LogP contribution is -2.18. The third-order valence-corrected chi connectivity index (χ3v) is 2.06. The molecule has 0 aromatic rings. The van der Waals surface area contributed by atoms with Gasteiger partial charge in [0.15, 0.2) is 0 Å². The Morgan fingerprint density at radius 3 is 2.09 bits per heavy atom. The highest BCUT2D eigenvalue weighted by molar-refractivity contribution is 5.23. The minimum atomic E-state index is -0.445. The predicted octanol–water partition coefficient (Wildman–Crippen LogP) is 1.08. The Morgan fingerprint density at radius 2 is 1.91 bits per heavy atom. The second kappa shape index (κ2) is 2.61. The zero-order valence-corrected chi connectivity index (χ0v) is 7.33. The van der Waals surface area contributed by atoms with E-state index in [0.29, 0.717) is 6.42 Å². The van der Waals surface area contributed by atoms with E-state index in [9.17, 15) is 10.2 Å². The fourth-order valence-corrected chi connectivity index (χ4v) is 1.49. The molecule has 1 aliphatic rings. The molecule has 0 spiro atoms. The first-order valence-electron chi connectivity index (χ1n) is 3.99. The van der Waals surface area contributed by atoms with E-state index in [0.717, 1.165) is 5.57 Å². The first kappa shape index (κ1) is 8.75. The molecule has 0 aliphatic heterocycles. The zero-order chi connectivity index (χ0) is 8.65. The topological polar surface area (TPSA) is 40.5 Å². The Labute approximate surface area is 67.6 Å². The van der Waals surface area contributed by atoms with E-state index in [-0.39, 0.29) is 5.41 Å². The molecule has 2 atom stereocenters. The summed E-state index contributed by atoms with van der Waals surface area (Å²) in [4.78, 5) is 0. The van der Waals surface area contributed by atoms with Gasteiger partial charge < -0.3 is 10.2 Å². The Balaban J connectivity index is 2.80. The smallest absolute Gasteiger partial charge is 0.0783 e. The van der Waals surface area contributed by atoms with Crippen molar-refractivity contribution >= 4 is 0 Å². The molecule has 0 radical (unpaired) electrons. The van der Waals surface area contributed by atoms with Crippen LogP contribution in [0, 0.1) is 5.41 Å². The van der Waals surface area contributed by atoms with E-state index in [1.54, 1.807) is 6.08 Å². The van der Waals surface area contributed by atoms with Crippen LogP contribution in [0.25, 0.3) is 0 Å². The third-order valence-electron chi connectivity index (χ3n) is 2.06. The summed E-state index contributed by atoms with van der Waals surface area (Å²) < 4.78 is 0. The van der Waals surface area contributed by atoms with Crippen molar-refractivity contribution in [2.24, 2.45) is 5.41 Å². The molecule has 0 aromatic carbocycles. The standard InChI is InChI=1S/C9H16O2/c1-9(2,3)7-4-6(10)5-8(7)11/h4,6,8,10-11H,5H2,1-3H3. The summed E-state index contributed by atoms with van der Waals surface area (Å²) in [6, 6.07) is 0. The molecule has 2 unspecified atom stereocenters. The van der Waals surface area contributed by atoms with Gasteiger partial charge in [-0.15, -0.1) is 0 Å².